The van der Waals surface area contributed by atoms with E-state index >= 15 is 0 Å². The van der Waals surface area contributed by atoms with Gasteiger partial charge in [-0.15, -0.1) is 11.3 Å². The lowest BCUT2D eigenvalue weighted by atomic mass is 9.91. The maximum absolute atomic E-state index is 3.83. The zero-order valence-electron chi connectivity index (χ0n) is 9.86. The molecule has 0 nitrogen and oxygen atoms in total. The van der Waals surface area contributed by atoms with Crippen LogP contribution in [-0.2, 0) is 0 Å². The van der Waals surface area contributed by atoms with Crippen LogP contribution >= 0.6 is 27.3 Å². The minimum absolute atomic E-state index is 0.713. The van der Waals surface area contributed by atoms with Crippen molar-refractivity contribution in [1.29, 1.82) is 0 Å². The molecule has 1 aromatic heterocycles. The SMILES string of the molecule is BrC1CCCCC(c2cccc3ccsc23)C1. The lowest BCUT2D eigenvalue weighted by Crippen LogP contribution is -2.03. The van der Waals surface area contributed by atoms with Gasteiger partial charge in [0.05, 0.1) is 0 Å². The third-order valence-corrected chi connectivity index (χ3v) is 5.62. The van der Waals surface area contributed by atoms with Gasteiger partial charge in [0.15, 0.2) is 0 Å². The van der Waals surface area contributed by atoms with E-state index in [2.05, 4.69) is 45.6 Å². The highest BCUT2D eigenvalue weighted by Crippen LogP contribution is 2.39. The zero-order valence-corrected chi connectivity index (χ0v) is 12.3. The van der Waals surface area contributed by atoms with Crippen molar-refractivity contribution in [3.8, 4) is 0 Å². The van der Waals surface area contributed by atoms with Crippen LogP contribution in [0, 0.1) is 0 Å². The van der Waals surface area contributed by atoms with E-state index in [0.717, 1.165) is 5.92 Å². The maximum atomic E-state index is 3.83. The van der Waals surface area contributed by atoms with Crippen molar-refractivity contribution in [2.75, 3.05) is 0 Å². The fourth-order valence-corrected chi connectivity index (χ4v) is 4.69. The molecule has 1 heterocycles. The van der Waals surface area contributed by atoms with Crippen molar-refractivity contribution in [1.82, 2.24) is 0 Å². The highest BCUT2D eigenvalue weighted by atomic mass is 79.9. The van der Waals surface area contributed by atoms with E-state index in [1.807, 2.05) is 11.3 Å². The summed E-state index contributed by atoms with van der Waals surface area (Å²) < 4.78 is 1.51. The quantitative estimate of drug-likeness (QED) is 0.467. The molecule has 0 saturated heterocycles. The summed E-state index contributed by atoms with van der Waals surface area (Å²) in [5, 5.41) is 3.64. The summed E-state index contributed by atoms with van der Waals surface area (Å²) in [5.74, 6) is 0.754. The molecule has 2 unspecified atom stereocenters. The van der Waals surface area contributed by atoms with E-state index in [-0.39, 0.29) is 0 Å². The lowest BCUT2D eigenvalue weighted by molar-refractivity contribution is 0.604. The van der Waals surface area contributed by atoms with Crippen molar-refractivity contribution < 1.29 is 0 Å². The average molecular weight is 309 g/mol. The summed E-state index contributed by atoms with van der Waals surface area (Å²) in [7, 11) is 0. The van der Waals surface area contributed by atoms with E-state index in [1.54, 1.807) is 5.56 Å². The van der Waals surface area contributed by atoms with Crippen LogP contribution in [-0.4, -0.2) is 4.83 Å². The van der Waals surface area contributed by atoms with Gasteiger partial charge in [-0.2, -0.15) is 0 Å². The molecule has 1 aliphatic carbocycles. The van der Waals surface area contributed by atoms with Gasteiger partial charge in [-0.25, -0.2) is 0 Å². The first-order valence-corrected chi connectivity index (χ1v) is 8.24. The van der Waals surface area contributed by atoms with Crippen molar-refractivity contribution >= 4 is 37.4 Å². The Kier molecular flexibility index (Phi) is 3.53. The van der Waals surface area contributed by atoms with Crippen LogP contribution < -0.4 is 0 Å². The molecule has 2 atom stereocenters. The Balaban J connectivity index is 1.99. The molecule has 1 saturated carbocycles. The van der Waals surface area contributed by atoms with Gasteiger partial charge in [0, 0.05) is 9.53 Å². The fourth-order valence-electron chi connectivity index (χ4n) is 2.92. The Labute approximate surface area is 115 Å². The smallest absolute Gasteiger partial charge is 0.0377 e. The molecule has 1 aliphatic rings. The molecule has 0 amide bonds. The summed E-state index contributed by atoms with van der Waals surface area (Å²) in [6, 6.07) is 9.04. The van der Waals surface area contributed by atoms with Gasteiger partial charge in [0.25, 0.3) is 0 Å². The standard InChI is InChI=1S/C15H17BrS/c16-13-6-2-1-4-12(10-13)14-7-3-5-11-8-9-17-15(11)14/h3,5,7-9,12-13H,1-2,4,6,10H2. The van der Waals surface area contributed by atoms with Crippen LogP contribution in [0.4, 0.5) is 0 Å². The number of alkyl halides is 1. The number of hydrogen-bond acceptors (Lipinski definition) is 1. The van der Waals surface area contributed by atoms with Gasteiger partial charge in [0.2, 0.25) is 0 Å². The normalized spacial score (nSPS) is 25.9. The molecule has 0 N–H and O–H groups in total. The van der Waals surface area contributed by atoms with Gasteiger partial charge >= 0.3 is 0 Å². The predicted molar refractivity (Wildman–Crippen MR) is 80.4 cm³/mol. The van der Waals surface area contributed by atoms with Crippen LogP contribution in [0.5, 0.6) is 0 Å². The molecule has 0 spiro atoms. The first kappa shape index (κ1) is 11.7. The molecule has 90 valence electrons. The Morgan fingerprint density at radius 3 is 2.94 bits per heavy atom. The van der Waals surface area contributed by atoms with Gasteiger partial charge in [-0.3, -0.25) is 0 Å². The average Bonchev–Trinajstić information content (AvgIpc) is 2.71. The van der Waals surface area contributed by atoms with Crippen molar-refractivity contribution in [2.45, 2.75) is 42.8 Å². The van der Waals surface area contributed by atoms with Crippen LogP contribution in [0.2, 0.25) is 0 Å². The minimum atomic E-state index is 0.713. The Hall–Kier alpha value is -0.340. The highest BCUT2D eigenvalue weighted by Gasteiger charge is 2.21. The largest absolute Gasteiger partial charge is 0.144 e. The molecule has 3 rings (SSSR count). The van der Waals surface area contributed by atoms with Gasteiger partial charge in [0.1, 0.15) is 0 Å². The second-order valence-electron chi connectivity index (χ2n) is 5.00. The van der Waals surface area contributed by atoms with Crippen molar-refractivity contribution in [3.63, 3.8) is 0 Å². The fraction of sp³-hybridized carbons (Fsp3) is 0.467. The Bertz CT molecular complexity index is 502. The summed E-state index contributed by atoms with van der Waals surface area (Å²) >= 11 is 5.73. The predicted octanol–water partition coefficient (Wildman–Crippen LogP) is 5.71. The summed E-state index contributed by atoms with van der Waals surface area (Å²) in [4.78, 5) is 0.713. The number of fused-ring (bicyclic) bond motifs is 1. The zero-order chi connectivity index (χ0) is 11.7. The van der Waals surface area contributed by atoms with E-state index in [0.29, 0.717) is 4.83 Å². The molecule has 1 aromatic carbocycles. The van der Waals surface area contributed by atoms with Gasteiger partial charge in [-0.1, -0.05) is 47.0 Å². The van der Waals surface area contributed by atoms with Gasteiger partial charge < -0.3 is 0 Å². The minimum Gasteiger partial charge on any atom is -0.144 e. The van der Waals surface area contributed by atoms with E-state index in [4.69, 9.17) is 0 Å². The number of hydrogen-bond donors (Lipinski definition) is 0. The number of thiophene rings is 1. The van der Waals surface area contributed by atoms with Gasteiger partial charge in [-0.05, 0) is 47.6 Å². The maximum Gasteiger partial charge on any atom is 0.0377 e. The Morgan fingerprint density at radius 2 is 2.00 bits per heavy atom. The Morgan fingerprint density at radius 1 is 1.12 bits per heavy atom. The van der Waals surface area contributed by atoms with Crippen LogP contribution in [0.3, 0.4) is 0 Å². The van der Waals surface area contributed by atoms with Crippen molar-refractivity contribution in [2.24, 2.45) is 0 Å². The topological polar surface area (TPSA) is 0 Å². The molecular weight excluding hydrogens is 292 g/mol. The molecular formula is C15H17BrS. The molecule has 0 aliphatic heterocycles. The van der Waals surface area contributed by atoms with Crippen LogP contribution in [0.25, 0.3) is 10.1 Å². The number of rotatable bonds is 1. The third kappa shape index (κ3) is 2.43. The summed E-state index contributed by atoms with van der Waals surface area (Å²) in [6.45, 7) is 0. The molecule has 2 heteroatoms. The molecule has 1 fully saturated rings. The first-order valence-electron chi connectivity index (χ1n) is 6.45. The van der Waals surface area contributed by atoms with Crippen LogP contribution in [0.1, 0.15) is 43.6 Å². The summed E-state index contributed by atoms with van der Waals surface area (Å²) in [6.07, 6.45) is 6.77. The third-order valence-electron chi connectivity index (χ3n) is 3.81. The van der Waals surface area contributed by atoms with E-state index in [1.165, 1.54) is 42.2 Å². The number of benzene rings is 1. The molecule has 0 radical (unpaired) electrons. The molecule has 2 aromatic rings. The first-order chi connectivity index (χ1) is 8.34. The van der Waals surface area contributed by atoms with E-state index in [9.17, 15) is 0 Å². The van der Waals surface area contributed by atoms with Crippen LogP contribution in [0.15, 0.2) is 29.6 Å². The number of halogens is 1. The van der Waals surface area contributed by atoms with E-state index < -0.39 is 0 Å². The second-order valence-corrected chi connectivity index (χ2v) is 7.21. The highest BCUT2D eigenvalue weighted by molar-refractivity contribution is 9.09. The lowest BCUT2D eigenvalue weighted by Gasteiger charge is -2.17. The molecule has 17 heavy (non-hydrogen) atoms. The molecule has 0 bridgehead atoms. The monoisotopic (exact) mass is 308 g/mol. The second kappa shape index (κ2) is 5.11. The van der Waals surface area contributed by atoms with Crippen molar-refractivity contribution in [3.05, 3.63) is 35.2 Å². The summed E-state index contributed by atoms with van der Waals surface area (Å²) in [5.41, 5.74) is 1.59.